The molecule has 1 saturated heterocycles. The highest BCUT2D eigenvalue weighted by Crippen LogP contribution is 2.31. The van der Waals surface area contributed by atoms with Gasteiger partial charge >= 0.3 is 0 Å². The van der Waals surface area contributed by atoms with E-state index in [1.165, 1.54) is 11.4 Å². The Balaban J connectivity index is 2.50. The highest BCUT2D eigenvalue weighted by molar-refractivity contribution is 7.89. The van der Waals surface area contributed by atoms with Gasteiger partial charge in [-0.3, -0.25) is 0 Å². The molecule has 1 aromatic carbocycles. The van der Waals surface area contributed by atoms with E-state index < -0.39 is 10.0 Å². The molecule has 1 aliphatic rings. The highest BCUT2D eigenvalue weighted by atomic mass is 32.2. The largest absolute Gasteiger partial charge is 0.495 e. The van der Waals surface area contributed by atoms with Crippen LogP contribution in [-0.4, -0.2) is 45.1 Å². The number of ether oxygens (including phenoxy) is 2. The monoisotopic (exact) mass is 313 g/mol. The molecule has 0 N–H and O–H groups in total. The molecule has 5 nitrogen and oxygen atoms in total. The first-order valence-electron chi connectivity index (χ1n) is 7.06. The summed E-state index contributed by atoms with van der Waals surface area (Å²) >= 11 is 0. The normalized spacial score (nSPS) is 24.0. The lowest BCUT2D eigenvalue weighted by Crippen LogP contribution is -2.50. The molecule has 1 aromatic rings. The predicted molar refractivity (Wildman–Crippen MR) is 81.2 cm³/mol. The molecule has 21 heavy (non-hydrogen) atoms. The van der Waals surface area contributed by atoms with Crippen molar-refractivity contribution < 1.29 is 17.9 Å². The summed E-state index contributed by atoms with van der Waals surface area (Å²) in [5.74, 6) is 0.393. The number of methoxy groups -OCH3 is 1. The van der Waals surface area contributed by atoms with Gasteiger partial charge in [-0.1, -0.05) is 0 Å². The summed E-state index contributed by atoms with van der Waals surface area (Å²) in [7, 11) is -2.10. The van der Waals surface area contributed by atoms with Crippen LogP contribution in [-0.2, 0) is 14.8 Å². The molecule has 0 aromatic heterocycles. The summed E-state index contributed by atoms with van der Waals surface area (Å²) in [4.78, 5) is 0.231. The van der Waals surface area contributed by atoms with E-state index >= 15 is 0 Å². The van der Waals surface area contributed by atoms with Gasteiger partial charge in [-0.2, -0.15) is 4.31 Å². The molecule has 2 rings (SSSR count). The van der Waals surface area contributed by atoms with Gasteiger partial charge in [-0.25, -0.2) is 8.42 Å². The van der Waals surface area contributed by atoms with E-state index in [1.54, 1.807) is 12.1 Å². The van der Waals surface area contributed by atoms with Crippen molar-refractivity contribution in [3.63, 3.8) is 0 Å². The molecule has 2 unspecified atom stereocenters. The molecule has 2 atom stereocenters. The van der Waals surface area contributed by atoms with Gasteiger partial charge in [0.1, 0.15) is 10.6 Å². The summed E-state index contributed by atoms with van der Waals surface area (Å²) in [6, 6.07) is 3.28. The first-order chi connectivity index (χ1) is 9.77. The Hall–Kier alpha value is -1.11. The van der Waals surface area contributed by atoms with Crippen molar-refractivity contribution in [2.75, 3.05) is 20.3 Å². The van der Waals surface area contributed by atoms with Crippen LogP contribution in [0.25, 0.3) is 0 Å². The molecule has 1 fully saturated rings. The van der Waals surface area contributed by atoms with Gasteiger partial charge in [-0.05, 0) is 51.0 Å². The van der Waals surface area contributed by atoms with Gasteiger partial charge < -0.3 is 9.47 Å². The number of hydrogen-bond donors (Lipinski definition) is 0. The Kier molecular flexibility index (Phi) is 4.60. The molecular formula is C15H23NO4S. The van der Waals surface area contributed by atoms with Crippen molar-refractivity contribution in [1.29, 1.82) is 0 Å². The SMILES string of the molecule is COc1cc(C)c(C)cc1S(=O)(=O)N1CC(C)OCC1C. The number of nitrogens with zero attached hydrogens (tertiary/aromatic N) is 1. The van der Waals surface area contributed by atoms with E-state index in [9.17, 15) is 8.42 Å². The summed E-state index contributed by atoms with van der Waals surface area (Å²) in [5.41, 5.74) is 1.94. The molecule has 1 heterocycles. The zero-order valence-electron chi connectivity index (χ0n) is 13.2. The third-order valence-corrected chi connectivity index (χ3v) is 5.92. The fourth-order valence-corrected chi connectivity index (χ4v) is 4.37. The zero-order chi connectivity index (χ0) is 15.8. The van der Waals surface area contributed by atoms with Crippen LogP contribution in [0.2, 0.25) is 0 Å². The average molecular weight is 313 g/mol. The lowest BCUT2D eigenvalue weighted by molar-refractivity contribution is -0.0171. The minimum absolute atomic E-state index is 0.103. The Morgan fingerprint density at radius 1 is 1.24 bits per heavy atom. The van der Waals surface area contributed by atoms with Crippen LogP contribution in [0.5, 0.6) is 5.75 Å². The number of benzene rings is 1. The third kappa shape index (κ3) is 3.07. The number of morpholine rings is 1. The molecule has 0 bridgehead atoms. The molecular weight excluding hydrogens is 290 g/mol. The van der Waals surface area contributed by atoms with Crippen molar-refractivity contribution >= 4 is 10.0 Å². The Labute approximate surface area is 126 Å². The summed E-state index contributed by atoms with van der Waals surface area (Å²) in [5, 5.41) is 0. The lowest BCUT2D eigenvalue weighted by atomic mass is 10.1. The first kappa shape index (κ1) is 16.3. The molecule has 0 amide bonds. The third-order valence-electron chi connectivity index (χ3n) is 3.92. The first-order valence-corrected chi connectivity index (χ1v) is 8.50. The van der Waals surface area contributed by atoms with Crippen molar-refractivity contribution in [2.24, 2.45) is 0 Å². The summed E-state index contributed by atoms with van der Waals surface area (Å²) in [6.07, 6.45) is -0.103. The number of aryl methyl sites for hydroxylation is 2. The molecule has 1 aliphatic heterocycles. The molecule has 0 saturated carbocycles. The van der Waals surface area contributed by atoms with Gasteiger partial charge in [0.05, 0.1) is 19.8 Å². The van der Waals surface area contributed by atoms with Gasteiger partial charge in [-0.15, -0.1) is 0 Å². The molecule has 0 spiro atoms. The number of rotatable bonds is 3. The van der Waals surface area contributed by atoms with Crippen LogP contribution < -0.4 is 4.74 Å². The maximum Gasteiger partial charge on any atom is 0.247 e. The van der Waals surface area contributed by atoms with E-state index in [0.29, 0.717) is 18.9 Å². The molecule has 118 valence electrons. The molecule has 0 radical (unpaired) electrons. The maximum atomic E-state index is 13.0. The van der Waals surface area contributed by atoms with Gasteiger partial charge in [0.15, 0.2) is 0 Å². The van der Waals surface area contributed by atoms with Gasteiger partial charge in [0, 0.05) is 12.6 Å². The van der Waals surface area contributed by atoms with Crippen molar-refractivity contribution in [2.45, 2.75) is 44.7 Å². The van der Waals surface area contributed by atoms with E-state index in [0.717, 1.165) is 11.1 Å². The van der Waals surface area contributed by atoms with Crippen LogP contribution in [0.1, 0.15) is 25.0 Å². The smallest absolute Gasteiger partial charge is 0.247 e. The molecule has 6 heteroatoms. The van der Waals surface area contributed by atoms with Gasteiger partial charge in [0.25, 0.3) is 0 Å². The Bertz CT molecular complexity index is 627. The summed E-state index contributed by atoms with van der Waals surface area (Å²) in [6.45, 7) is 8.35. The fraction of sp³-hybridized carbons (Fsp3) is 0.600. The second-order valence-electron chi connectivity index (χ2n) is 5.66. The Morgan fingerprint density at radius 3 is 2.48 bits per heavy atom. The second kappa shape index (κ2) is 5.94. The van der Waals surface area contributed by atoms with Crippen LogP contribution in [0, 0.1) is 13.8 Å². The van der Waals surface area contributed by atoms with Crippen LogP contribution in [0.3, 0.4) is 0 Å². The second-order valence-corrected chi connectivity index (χ2v) is 7.51. The van der Waals surface area contributed by atoms with E-state index in [2.05, 4.69) is 0 Å². The maximum absolute atomic E-state index is 13.0. The van der Waals surface area contributed by atoms with Crippen LogP contribution in [0.15, 0.2) is 17.0 Å². The fourth-order valence-electron chi connectivity index (χ4n) is 2.46. The minimum Gasteiger partial charge on any atom is -0.495 e. The van der Waals surface area contributed by atoms with Crippen molar-refractivity contribution in [3.8, 4) is 5.75 Å². The Morgan fingerprint density at radius 2 is 1.86 bits per heavy atom. The standard InChI is InChI=1S/C15H23NO4S/c1-10-6-14(19-5)15(7-11(10)2)21(17,18)16-8-13(4)20-9-12(16)3/h6-7,12-13H,8-9H2,1-5H3. The van der Waals surface area contributed by atoms with E-state index in [1.807, 2.05) is 27.7 Å². The lowest BCUT2D eigenvalue weighted by Gasteiger charge is -2.36. The van der Waals surface area contributed by atoms with Crippen molar-refractivity contribution in [1.82, 2.24) is 4.31 Å². The van der Waals surface area contributed by atoms with E-state index in [4.69, 9.17) is 9.47 Å². The minimum atomic E-state index is -3.60. The number of sulfonamides is 1. The highest BCUT2D eigenvalue weighted by Gasteiger charge is 2.36. The van der Waals surface area contributed by atoms with Crippen molar-refractivity contribution in [3.05, 3.63) is 23.3 Å². The molecule has 0 aliphatic carbocycles. The van der Waals surface area contributed by atoms with Crippen LogP contribution >= 0.6 is 0 Å². The van der Waals surface area contributed by atoms with Gasteiger partial charge in [0.2, 0.25) is 10.0 Å². The predicted octanol–water partition coefficient (Wildman–Crippen LogP) is 2.11. The summed E-state index contributed by atoms with van der Waals surface area (Å²) < 4.78 is 38.3. The average Bonchev–Trinajstić information content (AvgIpc) is 2.43. The van der Waals surface area contributed by atoms with Crippen LogP contribution in [0.4, 0.5) is 0 Å². The quantitative estimate of drug-likeness (QED) is 0.857. The topological polar surface area (TPSA) is 55.8 Å². The number of hydrogen-bond acceptors (Lipinski definition) is 4. The zero-order valence-corrected chi connectivity index (χ0v) is 14.0. The van der Waals surface area contributed by atoms with E-state index in [-0.39, 0.29) is 17.0 Å².